The molecule has 5 nitrogen and oxygen atoms in total. The molecule has 0 unspecified atom stereocenters. The fourth-order valence-electron chi connectivity index (χ4n) is 3.91. The molecule has 1 aliphatic carbocycles. The fourth-order valence-corrected chi connectivity index (χ4v) is 5.33. The summed E-state index contributed by atoms with van der Waals surface area (Å²) in [6.45, 7) is 1.02. The van der Waals surface area contributed by atoms with Gasteiger partial charge in [0.15, 0.2) is 9.84 Å². The normalized spacial score (nSPS) is 19.3. The topological polar surface area (TPSA) is 75.3 Å². The number of nitrogens with one attached hydrogen (secondary N) is 2. The van der Waals surface area contributed by atoms with Crippen molar-refractivity contribution in [1.29, 1.82) is 0 Å². The largest absolute Gasteiger partial charge is 0.416 e. The van der Waals surface area contributed by atoms with E-state index in [4.69, 9.17) is 11.6 Å². The van der Waals surface area contributed by atoms with Crippen molar-refractivity contribution < 1.29 is 26.4 Å². The standard InChI is InChI=1S/C23H26ClF3N2O3S/c24-21-11-8-17(23(25,26)27)14-20(21)22(30)29-18-9-6-16(7-10-18)15-28-12-13-33(31,32)19-4-2-1-3-5-19/h1-5,8,11,14,16,18,28H,6-7,9-10,12-13,15H2,(H,29,30)/t16-,18-. The molecule has 2 N–H and O–H groups in total. The van der Waals surface area contributed by atoms with E-state index in [0.717, 1.165) is 31.0 Å². The maximum atomic E-state index is 12.9. The van der Waals surface area contributed by atoms with Gasteiger partial charge in [-0.25, -0.2) is 8.42 Å². The lowest BCUT2D eigenvalue weighted by molar-refractivity contribution is -0.137. The van der Waals surface area contributed by atoms with Crippen molar-refractivity contribution in [3.05, 3.63) is 64.7 Å². The zero-order valence-corrected chi connectivity index (χ0v) is 19.4. The number of benzene rings is 2. The first kappa shape index (κ1) is 25.5. The second kappa shape index (κ2) is 10.9. The highest BCUT2D eigenvalue weighted by atomic mass is 35.5. The maximum Gasteiger partial charge on any atom is 0.416 e. The number of hydrogen-bond donors (Lipinski definition) is 2. The van der Waals surface area contributed by atoms with Gasteiger partial charge in [-0.15, -0.1) is 0 Å². The molecule has 0 bridgehead atoms. The number of hydrogen-bond acceptors (Lipinski definition) is 4. The van der Waals surface area contributed by atoms with E-state index in [-0.39, 0.29) is 22.4 Å². The van der Waals surface area contributed by atoms with Gasteiger partial charge in [-0.05, 0) is 68.5 Å². The van der Waals surface area contributed by atoms with Crippen LogP contribution in [0.3, 0.4) is 0 Å². The third-order valence-electron chi connectivity index (χ3n) is 5.80. The molecule has 33 heavy (non-hydrogen) atoms. The van der Waals surface area contributed by atoms with Crippen LogP contribution in [0.4, 0.5) is 13.2 Å². The Kier molecular flexibility index (Phi) is 8.42. The number of halogens is 4. The lowest BCUT2D eigenvalue weighted by atomic mass is 9.86. The molecule has 0 spiro atoms. The van der Waals surface area contributed by atoms with Gasteiger partial charge in [-0.2, -0.15) is 13.2 Å². The van der Waals surface area contributed by atoms with E-state index in [0.29, 0.717) is 36.7 Å². The Morgan fingerprint density at radius 2 is 1.70 bits per heavy atom. The van der Waals surface area contributed by atoms with Gasteiger partial charge < -0.3 is 10.6 Å². The molecular weight excluding hydrogens is 477 g/mol. The van der Waals surface area contributed by atoms with Crippen molar-refractivity contribution in [2.75, 3.05) is 18.8 Å². The van der Waals surface area contributed by atoms with E-state index in [1.54, 1.807) is 30.3 Å². The van der Waals surface area contributed by atoms with Gasteiger partial charge in [0.1, 0.15) is 0 Å². The molecule has 1 saturated carbocycles. The predicted molar refractivity (Wildman–Crippen MR) is 121 cm³/mol. The van der Waals surface area contributed by atoms with E-state index in [2.05, 4.69) is 10.6 Å². The molecular formula is C23H26ClF3N2O3S. The van der Waals surface area contributed by atoms with Crippen LogP contribution in [-0.4, -0.2) is 39.2 Å². The summed E-state index contributed by atoms with van der Waals surface area (Å²) in [4.78, 5) is 12.8. The molecule has 0 aromatic heterocycles. The van der Waals surface area contributed by atoms with Crippen LogP contribution >= 0.6 is 11.6 Å². The first-order valence-electron chi connectivity index (χ1n) is 10.7. The van der Waals surface area contributed by atoms with E-state index in [1.165, 1.54) is 0 Å². The molecule has 2 aromatic carbocycles. The molecule has 2 aromatic rings. The fraction of sp³-hybridized carbons (Fsp3) is 0.435. The number of alkyl halides is 3. The van der Waals surface area contributed by atoms with Gasteiger partial charge in [-0.1, -0.05) is 29.8 Å². The van der Waals surface area contributed by atoms with Gasteiger partial charge in [0, 0.05) is 12.6 Å². The van der Waals surface area contributed by atoms with Gasteiger partial charge in [0.25, 0.3) is 5.91 Å². The van der Waals surface area contributed by atoms with E-state index in [1.807, 2.05) is 0 Å². The summed E-state index contributed by atoms with van der Waals surface area (Å²) < 4.78 is 63.4. The summed E-state index contributed by atoms with van der Waals surface area (Å²) in [5, 5.41) is 5.97. The SMILES string of the molecule is O=C(N[C@H]1CC[C@H](CNCCS(=O)(=O)c2ccccc2)CC1)c1cc(C(F)(F)F)ccc1Cl. The lowest BCUT2D eigenvalue weighted by Crippen LogP contribution is -2.39. The minimum Gasteiger partial charge on any atom is -0.349 e. The van der Waals surface area contributed by atoms with Crippen LogP contribution in [0.5, 0.6) is 0 Å². The van der Waals surface area contributed by atoms with E-state index >= 15 is 0 Å². The number of carbonyl (C=O) groups excluding carboxylic acids is 1. The molecule has 10 heteroatoms. The third kappa shape index (κ3) is 7.19. The monoisotopic (exact) mass is 502 g/mol. The number of rotatable bonds is 8. The predicted octanol–water partition coefficient (Wildman–Crippen LogP) is 4.71. The van der Waals surface area contributed by atoms with Crippen molar-refractivity contribution in [2.24, 2.45) is 5.92 Å². The molecule has 0 radical (unpaired) electrons. The molecule has 1 amide bonds. The molecule has 0 aliphatic heterocycles. The summed E-state index contributed by atoms with van der Waals surface area (Å²) in [5.41, 5.74) is -1.10. The van der Waals surface area contributed by atoms with Gasteiger partial charge in [0.05, 0.1) is 26.8 Å². The minimum atomic E-state index is -4.55. The molecule has 3 rings (SSSR count). The molecule has 1 fully saturated rings. The average molecular weight is 503 g/mol. The first-order valence-corrected chi connectivity index (χ1v) is 12.8. The zero-order chi connectivity index (χ0) is 24.1. The Bertz CT molecular complexity index is 1050. The Morgan fingerprint density at radius 3 is 2.33 bits per heavy atom. The highest BCUT2D eigenvalue weighted by Crippen LogP contribution is 2.32. The van der Waals surface area contributed by atoms with Crippen molar-refractivity contribution in [3.63, 3.8) is 0 Å². The van der Waals surface area contributed by atoms with Crippen molar-refractivity contribution >= 4 is 27.3 Å². The second-order valence-corrected chi connectivity index (χ2v) is 10.7. The van der Waals surface area contributed by atoms with Gasteiger partial charge in [0.2, 0.25) is 0 Å². The van der Waals surface area contributed by atoms with Crippen LogP contribution in [0.15, 0.2) is 53.4 Å². The lowest BCUT2D eigenvalue weighted by Gasteiger charge is -2.29. The van der Waals surface area contributed by atoms with Gasteiger partial charge >= 0.3 is 6.18 Å². The summed E-state index contributed by atoms with van der Waals surface area (Å²) in [6.07, 6.45) is -1.53. The second-order valence-electron chi connectivity index (χ2n) is 8.22. The van der Waals surface area contributed by atoms with Crippen LogP contribution in [0.25, 0.3) is 0 Å². The minimum absolute atomic E-state index is 0.0141. The summed E-state index contributed by atoms with van der Waals surface area (Å²) in [7, 11) is -3.32. The summed E-state index contributed by atoms with van der Waals surface area (Å²) >= 11 is 5.94. The average Bonchev–Trinajstić information content (AvgIpc) is 2.78. The highest BCUT2D eigenvalue weighted by Gasteiger charge is 2.32. The summed E-state index contributed by atoms with van der Waals surface area (Å²) in [5.74, 6) is -0.256. The van der Waals surface area contributed by atoms with E-state index < -0.39 is 27.5 Å². The summed E-state index contributed by atoms with van der Waals surface area (Å²) in [6, 6.07) is 10.9. The van der Waals surface area contributed by atoms with E-state index in [9.17, 15) is 26.4 Å². The van der Waals surface area contributed by atoms with Crippen molar-refractivity contribution in [2.45, 2.75) is 42.8 Å². The van der Waals surface area contributed by atoms with Crippen LogP contribution in [-0.2, 0) is 16.0 Å². The Balaban J connectivity index is 1.42. The van der Waals surface area contributed by atoms with Crippen molar-refractivity contribution in [1.82, 2.24) is 10.6 Å². The van der Waals surface area contributed by atoms with Crippen LogP contribution < -0.4 is 10.6 Å². The highest BCUT2D eigenvalue weighted by molar-refractivity contribution is 7.91. The Morgan fingerprint density at radius 1 is 1.03 bits per heavy atom. The van der Waals surface area contributed by atoms with Gasteiger partial charge in [-0.3, -0.25) is 4.79 Å². The zero-order valence-electron chi connectivity index (χ0n) is 17.9. The number of carbonyl (C=O) groups is 1. The molecule has 1 aliphatic rings. The Hall–Kier alpha value is -2.10. The van der Waals surface area contributed by atoms with Crippen LogP contribution in [0.2, 0.25) is 5.02 Å². The molecule has 0 saturated heterocycles. The first-order chi connectivity index (χ1) is 15.6. The van der Waals surface area contributed by atoms with Crippen LogP contribution in [0, 0.1) is 5.92 Å². The third-order valence-corrected chi connectivity index (χ3v) is 7.86. The molecule has 180 valence electrons. The van der Waals surface area contributed by atoms with Crippen LogP contribution in [0.1, 0.15) is 41.6 Å². The molecule has 0 atom stereocenters. The Labute approximate surface area is 196 Å². The maximum absolute atomic E-state index is 12.9. The van der Waals surface area contributed by atoms with Crippen molar-refractivity contribution in [3.8, 4) is 0 Å². The molecule has 0 heterocycles. The number of amides is 1. The number of sulfone groups is 1. The smallest absolute Gasteiger partial charge is 0.349 e. The quantitative estimate of drug-likeness (QED) is 0.513.